The standard InChI is InChI=1S/C17H25N3O2.ClH/c1-12(19-16(21)4-3-11-18-2)13-7-9-15(10-8-13)20-17(22)14-5-6-14;/h7-10,12,14,18H,3-6,11H2,1-2H3,(H,19,21)(H,20,22);1H. The predicted octanol–water partition coefficient (Wildman–Crippen LogP) is 2.63. The van der Waals surface area contributed by atoms with Gasteiger partial charge in [0.1, 0.15) is 0 Å². The molecule has 1 fully saturated rings. The lowest BCUT2D eigenvalue weighted by atomic mass is 10.1. The van der Waals surface area contributed by atoms with Crippen molar-refractivity contribution in [2.75, 3.05) is 18.9 Å². The molecule has 0 saturated heterocycles. The van der Waals surface area contributed by atoms with E-state index in [4.69, 9.17) is 0 Å². The molecule has 0 aliphatic heterocycles. The van der Waals surface area contributed by atoms with Crippen LogP contribution in [0, 0.1) is 5.92 Å². The second-order valence-corrected chi connectivity index (χ2v) is 5.88. The van der Waals surface area contributed by atoms with E-state index < -0.39 is 0 Å². The van der Waals surface area contributed by atoms with Crippen LogP contribution in [0.1, 0.15) is 44.2 Å². The van der Waals surface area contributed by atoms with Gasteiger partial charge in [-0.2, -0.15) is 0 Å². The van der Waals surface area contributed by atoms with Crippen molar-refractivity contribution in [2.24, 2.45) is 5.92 Å². The van der Waals surface area contributed by atoms with E-state index in [-0.39, 0.29) is 36.2 Å². The third-order valence-corrected chi connectivity index (χ3v) is 3.83. The van der Waals surface area contributed by atoms with Gasteiger partial charge in [-0.25, -0.2) is 0 Å². The fraction of sp³-hybridized carbons (Fsp3) is 0.529. The maximum atomic E-state index is 11.8. The smallest absolute Gasteiger partial charge is 0.227 e. The third-order valence-electron chi connectivity index (χ3n) is 3.83. The molecule has 1 aliphatic carbocycles. The number of amides is 2. The molecule has 1 unspecified atom stereocenters. The summed E-state index contributed by atoms with van der Waals surface area (Å²) < 4.78 is 0. The van der Waals surface area contributed by atoms with Gasteiger partial charge in [0.25, 0.3) is 0 Å². The number of anilines is 1. The summed E-state index contributed by atoms with van der Waals surface area (Å²) in [4.78, 5) is 23.5. The Morgan fingerprint density at radius 1 is 1.22 bits per heavy atom. The fourth-order valence-corrected chi connectivity index (χ4v) is 2.27. The topological polar surface area (TPSA) is 70.2 Å². The normalized spacial score (nSPS) is 14.5. The van der Waals surface area contributed by atoms with Crippen LogP contribution in [-0.2, 0) is 9.59 Å². The number of nitrogens with one attached hydrogen (secondary N) is 3. The van der Waals surface area contributed by atoms with Crippen LogP contribution in [0.25, 0.3) is 0 Å². The zero-order valence-electron chi connectivity index (χ0n) is 13.7. The summed E-state index contributed by atoms with van der Waals surface area (Å²) in [6.45, 7) is 2.81. The van der Waals surface area contributed by atoms with Crippen LogP contribution in [0.15, 0.2) is 24.3 Å². The monoisotopic (exact) mass is 339 g/mol. The summed E-state index contributed by atoms with van der Waals surface area (Å²) >= 11 is 0. The molecular formula is C17H26ClN3O2. The fourth-order valence-electron chi connectivity index (χ4n) is 2.27. The Morgan fingerprint density at radius 3 is 2.43 bits per heavy atom. The lowest BCUT2D eigenvalue weighted by molar-refractivity contribution is -0.121. The highest BCUT2D eigenvalue weighted by Gasteiger charge is 2.29. The molecule has 1 aliphatic rings. The van der Waals surface area contributed by atoms with Crippen LogP contribution in [0.4, 0.5) is 5.69 Å². The SMILES string of the molecule is CNCCCC(=O)NC(C)c1ccc(NC(=O)C2CC2)cc1.Cl. The molecule has 1 aromatic rings. The highest BCUT2D eigenvalue weighted by Crippen LogP contribution is 2.30. The van der Waals surface area contributed by atoms with E-state index in [0.29, 0.717) is 6.42 Å². The Bertz CT molecular complexity index is 515. The van der Waals surface area contributed by atoms with Crippen molar-refractivity contribution < 1.29 is 9.59 Å². The minimum absolute atomic E-state index is 0. The zero-order chi connectivity index (χ0) is 15.9. The van der Waals surface area contributed by atoms with Crippen molar-refractivity contribution in [1.82, 2.24) is 10.6 Å². The van der Waals surface area contributed by atoms with Gasteiger partial charge in [0.05, 0.1) is 6.04 Å². The first-order chi connectivity index (χ1) is 10.6. The van der Waals surface area contributed by atoms with Gasteiger partial charge in [-0.1, -0.05) is 12.1 Å². The van der Waals surface area contributed by atoms with Gasteiger partial charge in [0.15, 0.2) is 0 Å². The summed E-state index contributed by atoms with van der Waals surface area (Å²) in [6, 6.07) is 7.64. The van der Waals surface area contributed by atoms with E-state index in [1.54, 1.807) is 0 Å². The van der Waals surface area contributed by atoms with Crippen molar-refractivity contribution in [1.29, 1.82) is 0 Å². The molecule has 2 rings (SSSR count). The molecule has 0 radical (unpaired) electrons. The largest absolute Gasteiger partial charge is 0.350 e. The number of hydrogen-bond donors (Lipinski definition) is 3. The minimum atomic E-state index is -0.0322. The molecule has 6 heteroatoms. The number of halogens is 1. The van der Waals surface area contributed by atoms with E-state index in [1.807, 2.05) is 38.2 Å². The number of rotatable bonds is 8. The van der Waals surface area contributed by atoms with E-state index in [2.05, 4.69) is 16.0 Å². The highest BCUT2D eigenvalue weighted by molar-refractivity contribution is 5.94. The number of carbonyl (C=O) groups excluding carboxylic acids is 2. The van der Waals surface area contributed by atoms with Crippen molar-refractivity contribution >= 4 is 29.9 Å². The number of carbonyl (C=O) groups is 2. The van der Waals surface area contributed by atoms with Gasteiger partial charge >= 0.3 is 0 Å². The first kappa shape index (κ1) is 19.5. The average Bonchev–Trinajstić information content (AvgIpc) is 3.33. The first-order valence-electron chi connectivity index (χ1n) is 7.95. The summed E-state index contributed by atoms with van der Waals surface area (Å²) in [5.74, 6) is 0.378. The molecule has 128 valence electrons. The molecule has 5 nitrogen and oxygen atoms in total. The molecule has 0 aromatic heterocycles. The summed E-state index contributed by atoms with van der Waals surface area (Å²) in [5, 5.41) is 8.93. The third kappa shape index (κ3) is 6.59. The second-order valence-electron chi connectivity index (χ2n) is 5.88. The van der Waals surface area contributed by atoms with Gasteiger partial charge in [-0.15, -0.1) is 12.4 Å². The van der Waals surface area contributed by atoms with E-state index in [0.717, 1.165) is 37.1 Å². The molecule has 0 heterocycles. The Hall–Kier alpha value is -1.59. The van der Waals surface area contributed by atoms with Gasteiger partial charge in [-0.3, -0.25) is 9.59 Å². The second kappa shape index (κ2) is 9.53. The van der Waals surface area contributed by atoms with Crippen molar-refractivity contribution in [3.8, 4) is 0 Å². The van der Waals surface area contributed by atoms with Crippen molar-refractivity contribution in [2.45, 2.75) is 38.6 Å². The van der Waals surface area contributed by atoms with Crippen molar-refractivity contribution in [3.63, 3.8) is 0 Å². The molecule has 1 aromatic carbocycles. The molecule has 1 saturated carbocycles. The lowest BCUT2D eigenvalue weighted by Crippen LogP contribution is -2.27. The van der Waals surface area contributed by atoms with Gasteiger partial charge < -0.3 is 16.0 Å². The Morgan fingerprint density at radius 2 is 1.87 bits per heavy atom. The van der Waals surface area contributed by atoms with Crippen molar-refractivity contribution in [3.05, 3.63) is 29.8 Å². The lowest BCUT2D eigenvalue weighted by Gasteiger charge is -2.15. The van der Waals surface area contributed by atoms with E-state index in [1.165, 1.54) is 0 Å². The number of benzene rings is 1. The van der Waals surface area contributed by atoms with Crippen LogP contribution >= 0.6 is 12.4 Å². The van der Waals surface area contributed by atoms with Crippen LogP contribution in [-0.4, -0.2) is 25.4 Å². The Balaban J connectivity index is 0.00000264. The summed E-state index contributed by atoms with van der Waals surface area (Å²) in [7, 11) is 1.88. The minimum Gasteiger partial charge on any atom is -0.350 e. The van der Waals surface area contributed by atoms with Crippen LogP contribution in [0.3, 0.4) is 0 Å². The van der Waals surface area contributed by atoms with Crippen LogP contribution < -0.4 is 16.0 Å². The Labute approximate surface area is 144 Å². The Kier molecular flexibility index (Phi) is 8.06. The molecule has 23 heavy (non-hydrogen) atoms. The zero-order valence-corrected chi connectivity index (χ0v) is 14.5. The van der Waals surface area contributed by atoms with Crippen LogP contribution in [0.2, 0.25) is 0 Å². The quantitative estimate of drug-likeness (QED) is 0.638. The highest BCUT2D eigenvalue weighted by atomic mass is 35.5. The summed E-state index contributed by atoms with van der Waals surface area (Å²) in [6.07, 6.45) is 3.36. The molecule has 1 atom stereocenters. The van der Waals surface area contributed by atoms with Gasteiger partial charge in [-0.05, 0) is 57.5 Å². The van der Waals surface area contributed by atoms with E-state index >= 15 is 0 Å². The molecule has 2 amide bonds. The molecule has 3 N–H and O–H groups in total. The summed E-state index contributed by atoms with van der Waals surface area (Å²) in [5.41, 5.74) is 1.85. The van der Waals surface area contributed by atoms with Gasteiger partial charge in [0.2, 0.25) is 11.8 Å². The maximum Gasteiger partial charge on any atom is 0.227 e. The maximum absolute atomic E-state index is 11.8. The average molecular weight is 340 g/mol. The number of hydrogen-bond acceptors (Lipinski definition) is 3. The van der Waals surface area contributed by atoms with Gasteiger partial charge in [0, 0.05) is 18.0 Å². The molecule has 0 bridgehead atoms. The molecular weight excluding hydrogens is 314 g/mol. The predicted molar refractivity (Wildman–Crippen MR) is 94.8 cm³/mol. The van der Waals surface area contributed by atoms with E-state index in [9.17, 15) is 9.59 Å². The first-order valence-corrected chi connectivity index (χ1v) is 7.95. The van der Waals surface area contributed by atoms with Crippen LogP contribution in [0.5, 0.6) is 0 Å². The molecule has 0 spiro atoms.